The molecule has 0 atom stereocenters. The monoisotopic (exact) mass is 333 g/mol. The maximum Gasteiger partial charge on any atom is 0.258 e. The maximum atomic E-state index is 14.0. The molecule has 2 aromatic rings. The van der Waals surface area contributed by atoms with Crippen LogP contribution in [0.4, 0.5) is 4.39 Å². The fraction of sp³-hybridized carbons (Fsp3) is 0.235. The first kappa shape index (κ1) is 14.3. The SMILES string of the molecule is O=C(c1c(F)cccc1Cl)N1CCc2cc3c(cc2C1)OCO3. The van der Waals surface area contributed by atoms with Crippen molar-refractivity contribution < 1.29 is 18.7 Å². The van der Waals surface area contributed by atoms with E-state index < -0.39 is 11.7 Å². The lowest BCUT2D eigenvalue weighted by atomic mass is 9.98. The highest BCUT2D eigenvalue weighted by Crippen LogP contribution is 2.37. The highest BCUT2D eigenvalue weighted by Gasteiger charge is 2.27. The Bertz CT molecular complexity index is 788. The molecule has 23 heavy (non-hydrogen) atoms. The number of ether oxygens (including phenoxy) is 2. The molecule has 2 aliphatic heterocycles. The van der Waals surface area contributed by atoms with Gasteiger partial charge >= 0.3 is 0 Å². The van der Waals surface area contributed by atoms with Crippen molar-refractivity contribution in [3.8, 4) is 11.5 Å². The Labute approximate surface area is 137 Å². The maximum absolute atomic E-state index is 14.0. The molecule has 4 rings (SSSR count). The molecule has 1 amide bonds. The Kier molecular flexibility index (Phi) is 3.38. The summed E-state index contributed by atoms with van der Waals surface area (Å²) in [7, 11) is 0. The van der Waals surface area contributed by atoms with Gasteiger partial charge < -0.3 is 14.4 Å². The molecule has 0 unspecified atom stereocenters. The molecular weight excluding hydrogens is 321 g/mol. The van der Waals surface area contributed by atoms with Crippen molar-refractivity contribution in [3.05, 3.63) is 57.9 Å². The third-order valence-electron chi connectivity index (χ3n) is 4.17. The summed E-state index contributed by atoms with van der Waals surface area (Å²) in [6.45, 7) is 1.12. The minimum absolute atomic E-state index is 0.0710. The molecule has 0 saturated carbocycles. The zero-order chi connectivity index (χ0) is 16.0. The molecule has 0 saturated heterocycles. The Hall–Kier alpha value is -2.27. The largest absolute Gasteiger partial charge is 0.454 e. The van der Waals surface area contributed by atoms with Gasteiger partial charge in [0, 0.05) is 13.1 Å². The van der Waals surface area contributed by atoms with Gasteiger partial charge in [-0.2, -0.15) is 0 Å². The predicted molar refractivity (Wildman–Crippen MR) is 82.4 cm³/mol. The standard InChI is InChI=1S/C17H13ClFNO3/c18-12-2-1-3-13(19)16(12)17(21)20-5-4-10-6-14-15(23-9-22-14)7-11(10)8-20/h1-3,6-7H,4-5,8-9H2. The van der Waals surface area contributed by atoms with Crippen LogP contribution in [-0.2, 0) is 13.0 Å². The Morgan fingerprint density at radius 1 is 1.17 bits per heavy atom. The van der Waals surface area contributed by atoms with Gasteiger partial charge in [0.15, 0.2) is 11.5 Å². The van der Waals surface area contributed by atoms with E-state index in [2.05, 4.69) is 0 Å². The summed E-state index contributed by atoms with van der Waals surface area (Å²) >= 11 is 6.00. The van der Waals surface area contributed by atoms with Crippen LogP contribution in [0.25, 0.3) is 0 Å². The van der Waals surface area contributed by atoms with E-state index in [1.165, 1.54) is 18.2 Å². The fourth-order valence-electron chi connectivity index (χ4n) is 2.98. The van der Waals surface area contributed by atoms with E-state index in [0.29, 0.717) is 25.3 Å². The number of halogens is 2. The van der Waals surface area contributed by atoms with Gasteiger partial charge in [0.05, 0.1) is 10.6 Å². The van der Waals surface area contributed by atoms with Gasteiger partial charge in [-0.15, -0.1) is 0 Å². The fourth-order valence-corrected chi connectivity index (χ4v) is 3.22. The van der Waals surface area contributed by atoms with Crippen molar-refractivity contribution in [2.24, 2.45) is 0 Å². The van der Waals surface area contributed by atoms with Gasteiger partial charge in [0.2, 0.25) is 6.79 Å². The van der Waals surface area contributed by atoms with E-state index in [-0.39, 0.29) is 17.4 Å². The predicted octanol–water partition coefficient (Wildman–Crippen LogP) is 3.41. The molecule has 0 fully saturated rings. The number of fused-ring (bicyclic) bond motifs is 2. The summed E-state index contributed by atoms with van der Waals surface area (Å²) in [5.41, 5.74) is 2.04. The number of hydrogen-bond acceptors (Lipinski definition) is 3. The molecule has 118 valence electrons. The zero-order valence-electron chi connectivity index (χ0n) is 12.1. The van der Waals surface area contributed by atoms with Crippen LogP contribution in [0.15, 0.2) is 30.3 Å². The highest BCUT2D eigenvalue weighted by molar-refractivity contribution is 6.33. The van der Waals surface area contributed by atoms with Gasteiger partial charge in [0.1, 0.15) is 5.82 Å². The van der Waals surface area contributed by atoms with Crippen LogP contribution in [-0.4, -0.2) is 24.1 Å². The van der Waals surface area contributed by atoms with E-state index in [9.17, 15) is 9.18 Å². The summed E-state index contributed by atoms with van der Waals surface area (Å²) < 4.78 is 24.7. The topological polar surface area (TPSA) is 38.8 Å². The average molecular weight is 334 g/mol. The molecule has 2 aromatic carbocycles. The van der Waals surface area contributed by atoms with Crippen molar-refractivity contribution >= 4 is 17.5 Å². The van der Waals surface area contributed by atoms with Crippen molar-refractivity contribution in [2.45, 2.75) is 13.0 Å². The van der Waals surface area contributed by atoms with E-state index in [1.807, 2.05) is 12.1 Å². The quantitative estimate of drug-likeness (QED) is 0.803. The second kappa shape index (κ2) is 5.42. The van der Waals surface area contributed by atoms with Crippen molar-refractivity contribution in [2.75, 3.05) is 13.3 Å². The first-order chi connectivity index (χ1) is 11.1. The van der Waals surface area contributed by atoms with E-state index in [0.717, 1.165) is 16.9 Å². The molecule has 0 aromatic heterocycles. The third kappa shape index (κ3) is 2.41. The zero-order valence-corrected chi connectivity index (χ0v) is 12.9. The molecule has 0 bridgehead atoms. The van der Waals surface area contributed by atoms with Crippen LogP contribution in [0.5, 0.6) is 11.5 Å². The van der Waals surface area contributed by atoms with Crippen LogP contribution >= 0.6 is 11.6 Å². The number of carbonyl (C=O) groups is 1. The van der Waals surface area contributed by atoms with Crippen LogP contribution in [0.2, 0.25) is 5.02 Å². The van der Waals surface area contributed by atoms with E-state index in [1.54, 1.807) is 4.90 Å². The van der Waals surface area contributed by atoms with Gasteiger partial charge in [-0.05, 0) is 41.8 Å². The normalized spacial score (nSPS) is 15.5. The summed E-state index contributed by atoms with van der Waals surface area (Å²) in [5, 5.41) is 0.131. The minimum atomic E-state index is -0.598. The van der Waals surface area contributed by atoms with Crippen LogP contribution in [0, 0.1) is 5.82 Å². The molecule has 6 heteroatoms. The Morgan fingerprint density at radius 3 is 2.65 bits per heavy atom. The van der Waals surface area contributed by atoms with Crippen molar-refractivity contribution in [1.82, 2.24) is 4.90 Å². The lowest BCUT2D eigenvalue weighted by Crippen LogP contribution is -2.36. The van der Waals surface area contributed by atoms with Crippen LogP contribution < -0.4 is 9.47 Å². The second-order valence-corrected chi connectivity index (χ2v) is 5.95. The third-order valence-corrected chi connectivity index (χ3v) is 4.49. The number of nitrogens with zero attached hydrogens (tertiary/aromatic N) is 1. The van der Waals surface area contributed by atoms with Gasteiger partial charge in [-0.25, -0.2) is 4.39 Å². The van der Waals surface area contributed by atoms with Crippen LogP contribution in [0.3, 0.4) is 0 Å². The number of amides is 1. The summed E-state index contributed by atoms with van der Waals surface area (Å²) in [6, 6.07) is 8.10. The molecule has 2 heterocycles. The smallest absolute Gasteiger partial charge is 0.258 e. The second-order valence-electron chi connectivity index (χ2n) is 5.55. The van der Waals surface area contributed by atoms with E-state index in [4.69, 9.17) is 21.1 Å². The first-order valence-corrected chi connectivity index (χ1v) is 7.66. The Balaban J connectivity index is 1.64. The number of benzene rings is 2. The lowest BCUT2D eigenvalue weighted by Gasteiger charge is -2.29. The highest BCUT2D eigenvalue weighted by atomic mass is 35.5. The summed E-state index contributed by atoms with van der Waals surface area (Å²) in [4.78, 5) is 14.2. The first-order valence-electron chi connectivity index (χ1n) is 7.28. The van der Waals surface area contributed by atoms with Gasteiger partial charge in [-0.1, -0.05) is 17.7 Å². The van der Waals surface area contributed by atoms with E-state index >= 15 is 0 Å². The molecule has 0 aliphatic carbocycles. The number of hydrogen-bond donors (Lipinski definition) is 0. The summed E-state index contributed by atoms with van der Waals surface area (Å²) in [6.07, 6.45) is 0.684. The number of rotatable bonds is 1. The Morgan fingerprint density at radius 2 is 1.91 bits per heavy atom. The molecule has 0 N–H and O–H groups in total. The molecular formula is C17H13ClFNO3. The average Bonchev–Trinajstić information content (AvgIpc) is 2.99. The molecule has 0 spiro atoms. The van der Waals surface area contributed by atoms with Crippen molar-refractivity contribution in [3.63, 3.8) is 0 Å². The summed E-state index contributed by atoms with van der Waals surface area (Å²) in [5.74, 6) is 0.429. The molecule has 0 radical (unpaired) electrons. The van der Waals surface area contributed by atoms with Crippen LogP contribution in [0.1, 0.15) is 21.5 Å². The van der Waals surface area contributed by atoms with Gasteiger partial charge in [-0.3, -0.25) is 4.79 Å². The van der Waals surface area contributed by atoms with Gasteiger partial charge in [0.25, 0.3) is 5.91 Å². The molecule has 4 nitrogen and oxygen atoms in total. The minimum Gasteiger partial charge on any atom is -0.454 e. The molecule has 2 aliphatic rings. The van der Waals surface area contributed by atoms with Crippen molar-refractivity contribution in [1.29, 1.82) is 0 Å². The lowest BCUT2D eigenvalue weighted by molar-refractivity contribution is 0.0730. The number of carbonyl (C=O) groups excluding carboxylic acids is 1.